The summed E-state index contributed by atoms with van der Waals surface area (Å²) in [6.07, 6.45) is -3.68. The van der Waals surface area contributed by atoms with Crippen molar-refractivity contribution in [3.05, 3.63) is 35.4 Å². The predicted molar refractivity (Wildman–Crippen MR) is 82.4 cm³/mol. The van der Waals surface area contributed by atoms with Gasteiger partial charge in [-0.3, -0.25) is 4.79 Å². The molecule has 4 nitrogen and oxygen atoms in total. The third kappa shape index (κ3) is 5.37. The van der Waals surface area contributed by atoms with Crippen LogP contribution in [0.2, 0.25) is 0 Å². The van der Waals surface area contributed by atoms with Crippen LogP contribution in [0.4, 0.5) is 13.2 Å². The molecule has 0 bridgehead atoms. The predicted octanol–water partition coefficient (Wildman–Crippen LogP) is 2.54. The van der Waals surface area contributed by atoms with Crippen LogP contribution in [0.1, 0.15) is 23.6 Å². The van der Waals surface area contributed by atoms with Gasteiger partial charge in [0.15, 0.2) is 0 Å². The van der Waals surface area contributed by atoms with Crippen LogP contribution in [-0.2, 0) is 15.7 Å². The summed E-state index contributed by atoms with van der Waals surface area (Å²) in [5.74, 6) is -0.311. The topological polar surface area (TPSA) is 50.4 Å². The Labute approximate surface area is 139 Å². The number of carbonyl (C=O) groups is 1. The van der Waals surface area contributed by atoms with Crippen LogP contribution >= 0.6 is 12.4 Å². The summed E-state index contributed by atoms with van der Waals surface area (Å²) in [6, 6.07) is 4.36. The van der Waals surface area contributed by atoms with E-state index in [1.165, 1.54) is 13.2 Å². The molecule has 130 valence electrons. The van der Waals surface area contributed by atoms with Gasteiger partial charge >= 0.3 is 6.18 Å². The van der Waals surface area contributed by atoms with Crippen LogP contribution in [0.25, 0.3) is 0 Å². The second-order valence-electron chi connectivity index (χ2n) is 5.33. The van der Waals surface area contributed by atoms with Gasteiger partial charge in [0.2, 0.25) is 5.91 Å². The van der Waals surface area contributed by atoms with Crippen LogP contribution < -0.4 is 10.6 Å². The lowest BCUT2D eigenvalue weighted by atomic mass is 10.0. The van der Waals surface area contributed by atoms with E-state index >= 15 is 0 Å². The third-order valence-electron chi connectivity index (χ3n) is 3.70. The van der Waals surface area contributed by atoms with Crippen molar-refractivity contribution in [1.29, 1.82) is 0 Å². The van der Waals surface area contributed by atoms with Crippen LogP contribution in [0.3, 0.4) is 0 Å². The van der Waals surface area contributed by atoms with Gasteiger partial charge in [-0.1, -0.05) is 12.1 Å². The largest absolute Gasteiger partial charge is 0.416 e. The van der Waals surface area contributed by atoms with Gasteiger partial charge in [0.05, 0.1) is 24.1 Å². The highest BCUT2D eigenvalue weighted by atomic mass is 35.5. The van der Waals surface area contributed by atoms with E-state index in [0.29, 0.717) is 12.1 Å². The van der Waals surface area contributed by atoms with Crippen molar-refractivity contribution in [2.75, 3.05) is 26.8 Å². The molecule has 1 amide bonds. The smallest absolute Gasteiger partial charge is 0.382 e. The van der Waals surface area contributed by atoms with E-state index in [1.807, 2.05) is 0 Å². The number of methoxy groups -OCH3 is 1. The van der Waals surface area contributed by atoms with Crippen molar-refractivity contribution in [3.8, 4) is 0 Å². The van der Waals surface area contributed by atoms with Gasteiger partial charge in [-0.2, -0.15) is 13.2 Å². The first-order valence-corrected chi connectivity index (χ1v) is 7.09. The molecule has 0 aromatic heterocycles. The fourth-order valence-electron chi connectivity index (χ4n) is 2.49. The summed E-state index contributed by atoms with van der Waals surface area (Å²) in [4.78, 5) is 12.2. The van der Waals surface area contributed by atoms with Crippen molar-refractivity contribution in [1.82, 2.24) is 10.6 Å². The zero-order valence-electron chi connectivity index (χ0n) is 12.7. The molecular weight excluding hydrogens is 333 g/mol. The monoisotopic (exact) mass is 352 g/mol. The van der Waals surface area contributed by atoms with E-state index in [1.54, 1.807) is 6.07 Å². The fourth-order valence-corrected chi connectivity index (χ4v) is 2.49. The maximum absolute atomic E-state index is 12.8. The van der Waals surface area contributed by atoms with Crippen LogP contribution in [0.15, 0.2) is 24.3 Å². The highest BCUT2D eigenvalue weighted by Gasteiger charge is 2.31. The summed E-state index contributed by atoms with van der Waals surface area (Å²) in [5, 5.41) is 5.87. The molecule has 1 aromatic carbocycles. The first kappa shape index (κ1) is 19.7. The summed E-state index contributed by atoms with van der Waals surface area (Å²) < 4.78 is 43.4. The van der Waals surface area contributed by atoms with Crippen molar-refractivity contribution in [2.24, 2.45) is 5.92 Å². The van der Waals surface area contributed by atoms with Crippen LogP contribution in [0, 0.1) is 5.92 Å². The average molecular weight is 353 g/mol. The number of ether oxygens (including phenoxy) is 1. The number of amides is 1. The second kappa shape index (κ2) is 8.52. The average Bonchev–Trinajstić information content (AvgIpc) is 3.00. The van der Waals surface area contributed by atoms with E-state index in [2.05, 4.69) is 10.6 Å². The van der Waals surface area contributed by atoms with Gasteiger partial charge in [0.1, 0.15) is 0 Å². The number of hydrogen-bond donors (Lipinski definition) is 2. The SMILES string of the molecule is COCC(NC(=O)C1CCNC1)c1cccc(C(F)(F)F)c1.Cl. The molecule has 0 saturated carbocycles. The van der Waals surface area contributed by atoms with Gasteiger partial charge in [0, 0.05) is 13.7 Å². The van der Waals surface area contributed by atoms with Crippen LogP contribution in [0.5, 0.6) is 0 Å². The molecule has 2 unspecified atom stereocenters. The Balaban J connectivity index is 0.00000264. The number of hydrogen-bond acceptors (Lipinski definition) is 3. The number of benzene rings is 1. The molecule has 23 heavy (non-hydrogen) atoms. The van der Waals surface area contributed by atoms with Gasteiger partial charge in [0.25, 0.3) is 0 Å². The highest BCUT2D eigenvalue weighted by molar-refractivity contribution is 5.85. The molecular formula is C15H20ClF3N2O2. The molecule has 0 aliphatic carbocycles. The first-order valence-electron chi connectivity index (χ1n) is 7.09. The zero-order chi connectivity index (χ0) is 16.2. The molecule has 2 atom stereocenters. The molecule has 8 heteroatoms. The molecule has 1 fully saturated rings. The summed E-state index contributed by atoms with van der Waals surface area (Å²) in [6.45, 7) is 1.48. The summed E-state index contributed by atoms with van der Waals surface area (Å²) in [5.41, 5.74) is -0.348. The lowest BCUT2D eigenvalue weighted by Gasteiger charge is -2.21. The molecule has 1 heterocycles. The number of alkyl halides is 3. The Morgan fingerprint density at radius 3 is 2.78 bits per heavy atom. The fraction of sp³-hybridized carbons (Fsp3) is 0.533. The van der Waals surface area contributed by atoms with Crippen LogP contribution in [-0.4, -0.2) is 32.7 Å². The molecule has 1 aliphatic heterocycles. The highest BCUT2D eigenvalue weighted by Crippen LogP contribution is 2.31. The minimum Gasteiger partial charge on any atom is -0.382 e. The van der Waals surface area contributed by atoms with Crippen molar-refractivity contribution in [2.45, 2.75) is 18.6 Å². The van der Waals surface area contributed by atoms with E-state index in [0.717, 1.165) is 25.1 Å². The Bertz CT molecular complexity index is 520. The number of carbonyl (C=O) groups excluding carboxylic acids is 1. The second-order valence-corrected chi connectivity index (χ2v) is 5.33. The minimum absolute atomic E-state index is 0. The first-order chi connectivity index (χ1) is 10.4. The van der Waals surface area contributed by atoms with Gasteiger partial charge in [-0.05, 0) is 30.7 Å². The van der Waals surface area contributed by atoms with E-state index in [9.17, 15) is 18.0 Å². The molecule has 0 radical (unpaired) electrons. The molecule has 2 N–H and O–H groups in total. The normalized spacial score (nSPS) is 19.0. The lowest BCUT2D eigenvalue weighted by Crippen LogP contribution is -2.36. The summed E-state index contributed by atoms with van der Waals surface area (Å²) >= 11 is 0. The minimum atomic E-state index is -4.41. The quantitative estimate of drug-likeness (QED) is 0.856. The van der Waals surface area contributed by atoms with Crippen molar-refractivity contribution >= 4 is 18.3 Å². The lowest BCUT2D eigenvalue weighted by molar-refractivity contribution is -0.137. The van der Waals surface area contributed by atoms with Crippen molar-refractivity contribution in [3.63, 3.8) is 0 Å². The standard InChI is InChI=1S/C15H19F3N2O2.ClH/c1-22-9-13(20-14(21)11-5-6-19-8-11)10-3-2-4-12(7-10)15(16,17)18;/h2-4,7,11,13,19H,5-6,8-9H2,1H3,(H,20,21);1H. The van der Waals surface area contributed by atoms with Crippen molar-refractivity contribution < 1.29 is 22.7 Å². The number of nitrogens with one attached hydrogen (secondary N) is 2. The van der Waals surface area contributed by atoms with Gasteiger partial charge in [-0.15, -0.1) is 12.4 Å². The van der Waals surface area contributed by atoms with Gasteiger partial charge in [-0.25, -0.2) is 0 Å². The number of rotatable bonds is 5. The molecule has 1 aliphatic rings. The number of halogens is 4. The molecule has 0 spiro atoms. The third-order valence-corrected chi connectivity index (χ3v) is 3.70. The molecule has 1 saturated heterocycles. The Morgan fingerprint density at radius 1 is 1.48 bits per heavy atom. The van der Waals surface area contributed by atoms with E-state index < -0.39 is 17.8 Å². The van der Waals surface area contributed by atoms with Gasteiger partial charge < -0.3 is 15.4 Å². The van der Waals surface area contributed by atoms with E-state index in [4.69, 9.17) is 4.74 Å². The Morgan fingerprint density at radius 2 is 2.22 bits per heavy atom. The Hall–Kier alpha value is -1.31. The Kier molecular flexibility index (Phi) is 7.31. The molecule has 1 aromatic rings. The summed E-state index contributed by atoms with van der Waals surface area (Å²) in [7, 11) is 1.45. The maximum atomic E-state index is 12.8. The maximum Gasteiger partial charge on any atom is 0.416 e. The molecule has 2 rings (SSSR count). The van der Waals surface area contributed by atoms with E-state index in [-0.39, 0.29) is 30.8 Å². The zero-order valence-corrected chi connectivity index (χ0v) is 13.5.